The van der Waals surface area contributed by atoms with Crippen molar-refractivity contribution in [2.45, 2.75) is 90.1 Å². The minimum atomic E-state index is -0.0806. The second-order valence-electron chi connectivity index (χ2n) is 6.26. The van der Waals surface area contributed by atoms with Crippen LogP contribution in [0.2, 0.25) is 0 Å². The monoisotopic (exact) mass is 300 g/mol. The molecule has 0 N–H and O–H groups in total. The van der Waals surface area contributed by atoms with E-state index in [1.54, 1.807) is 0 Å². The van der Waals surface area contributed by atoms with Crippen molar-refractivity contribution in [3.05, 3.63) is 0 Å². The Morgan fingerprint density at radius 3 is 1.75 bits per heavy atom. The van der Waals surface area contributed by atoms with Crippen molar-refractivity contribution in [2.75, 3.05) is 5.75 Å². The number of ether oxygens (including phenoxy) is 1. The van der Waals surface area contributed by atoms with Crippen LogP contribution in [-0.4, -0.2) is 17.8 Å². The van der Waals surface area contributed by atoms with Crippen molar-refractivity contribution in [2.24, 2.45) is 5.92 Å². The van der Waals surface area contributed by atoms with Crippen molar-refractivity contribution in [3.8, 4) is 0 Å². The fourth-order valence-electron chi connectivity index (χ4n) is 2.78. The standard InChI is InChI=1S/C17H32O2S/c1-15(14-20)17(18)19-16-12-10-8-6-4-2-3-5-7-9-11-13-16/h15-16,20H,2-14H2,1H3. The van der Waals surface area contributed by atoms with Gasteiger partial charge in [0.2, 0.25) is 0 Å². The molecule has 0 aromatic carbocycles. The number of carbonyl (C=O) groups is 1. The maximum atomic E-state index is 11.9. The summed E-state index contributed by atoms with van der Waals surface area (Å²) in [5, 5.41) is 0. The molecule has 0 aliphatic heterocycles. The van der Waals surface area contributed by atoms with Crippen LogP contribution in [0.15, 0.2) is 0 Å². The largest absolute Gasteiger partial charge is 0.462 e. The predicted octanol–water partition coefficient (Wildman–Crippen LogP) is 5.16. The topological polar surface area (TPSA) is 26.3 Å². The van der Waals surface area contributed by atoms with E-state index in [1.807, 2.05) is 6.92 Å². The van der Waals surface area contributed by atoms with Gasteiger partial charge in [-0.1, -0.05) is 58.3 Å². The van der Waals surface area contributed by atoms with Gasteiger partial charge in [-0.2, -0.15) is 12.6 Å². The molecule has 0 amide bonds. The van der Waals surface area contributed by atoms with E-state index in [2.05, 4.69) is 12.6 Å². The maximum Gasteiger partial charge on any atom is 0.309 e. The summed E-state index contributed by atoms with van der Waals surface area (Å²) < 4.78 is 5.69. The van der Waals surface area contributed by atoms with Crippen LogP contribution in [0.5, 0.6) is 0 Å². The lowest BCUT2D eigenvalue weighted by Crippen LogP contribution is -2.24. The van der Waals surface area contributed by atoms with Crippen LogP contribution in [0.1, 0.15) is 84.0 Å². The van der Waals surface area contributed by atoms with Crippen LogP contribution >= 0.6 is 12.6 Å². The molecular weight excluding hydrogens is 268 g/mol. The van der Waals surface area contributed by atoms with Crippen LogP contribution < -0.4 is 0 Å². The van der Waals surface area contributed by atoms with E-state index in [-0.39, 0.29) is 18.0 Å². The Bertz CT molecular complexity index is 241. The molecule has 0 aromatic heterocycles. The Labute approximate surface area is 130 Å². The molecule has 1 saturated carbocycles. The summed E-state index contributed by atoms with van der Waals surface area (Å²) in [6, 6.07) is 0. The molecule has 0 aromatic rings. The third kappa shape index (κ3) is 8.18. The molecule has 1 aliphatic rings. The first-order chi connectivity index (χ1) is 9.74. The fraction of sp³-hybridized carbons (Fsp3) is 0.941. The van der Waals surface area contributed by atoms with Crippen LogP contribution in [0, 0.1) is 5.92 Å². The molecule has 0 saturated heterocycles. The second-order valence-corrected chi connectivity index (χ2v) is 6.62. The molecule has 1 atom stereocenters. The van der Waals surface area contributed by atoms with Gasteiger partial charge in [-0.15, -0.1) is 0 Å². The lowest BCUT2D eigenvalue weighted by atomic mass is 10.0. The van der Waals surface area contributed by atoms with E-state index >= 15 is 0 Å². The third-order valence-electron chi connectivity index (χ3n) is 4.26. The molecule has 2 nitrogen and oxygen atoms in total. The number of hydrogen-bond donors (Lipinski definition) is 1. The minimum Gasteiger partial charge on any atom is -0.462 e. The van der Waals surface area contributed by atoms with Gasteiger partial charge in [0.15, 0.2) is 0 Å². The molecule has 1 unspecified atom stereocenters. The zero-order chi connectivity index (χ0) is 14.6. The highest BCUT2D eigenvalue weighted by Crippen LogP contribution is 2.19. The fourth-order valence-corrected chi connectivity index (χ4v) is 2.92. The number of thiol groups is 1. The molecule has 0 bridgehead atoms. The molecule has 1 rings (SSSR count). The molecular formula is C17H32O2S. The lowest BCUT2D eigenvalue weighted by Gasteiger charge is -2.19. The Morgan fingerprint density at radius 1 is 0.950 bits per heavy atom. The van der Waals surface area contributed by atoms with Gasteiger partial charge in [-0.25, -0.2) is 0 Å². The third-order valence-corrected chi connectivity index (χ3v) is 4.81. The van der Waals surface area contributed by atoms with E-state index in [9.17, 15) is 4.79 Å². The van der Waals surface area contributed by atoms with Gasteiger partial charge in [-0.05, 0) is 25.7 Å². The van der Waals surface area contributed by atoms with Crippen LogP contribution in [0.25, 0.3) is 0 Å². The van der Waals surface area contributed by atoms with Gasteiger partial charge in [0.25, 0.3) is 0 Å². The summed E-state index contributed by atoms with van der Waals surface area (Å²) >= 11 is 4.18. The minimum absolute atomic E-state index is 0.0608. The van der Waals surface area contributed by atoms with Gasteiger partial charge in [-0.3, -0.25) is 4.79 Å². The zero-order valence-electron chi connectivity index (χ0n) is 13.1. The average Bonchev–Trinajstić information content (AvgIpc) is 2.48. The highest BCUT2D eigenvalue weighted by Gasteiger charge is 2.18. The molecule has 118 valence electrons. The normalized spacial score (nSPS) is 22.1. The van der Waals surface area contributed by atoms with Gasteiger partial charge in [0.1, 0.15) is 6.10 Å². The Morgan fingerprint density at radius 2 is 1.35 bits per heavy atom. The number of hydrogen-bond acceptors (Lipinski definition) is 3. The van der Waals surface area contributed by atoms with Crippen LogP contribution in [0.3, 0.4) is 0 Å². The summed E-state index contributed by atoms with van der Waals surface area (Å²) in [6.45, 7) is 1.90. The summed E-state index contributed by atoms with van der Waals surface area (Å²) in [5.41, 5.74) is 0. The maximum absolute atomic E-state index is 11.9. The molecule has 20 heavy (non-hydrogen) atoms. The van der Waals surface area contributed by atoms with Gasteiger partial charge in [0, 0.05) is 5.75 Å². The molecule has 0 spiro atoms. The average molecular weight is 301 g/mol. The number of rotatable bonds is 3. The Balaban J connectivity index is 2.37. The van der Waals surface area contributed by atoms with Crippen molar-refractivity contribution in [1.82, 2.24) is 0 Å². The first-order valence-corrected chi connectivity index (χ1v) is 9.18. The second kappa shape index (κ2) is 11.5. The van der Waals surface area contributed by atoms with Crippen molar-refractivity contribution < 1.29 is 9.53 Å². The van der Waals surface area contributed by atoms with E-state index in [1.165, 1.54) is 64.2 Å². The molecule has 1 fully saturated rings. The summed E-state index contributed by atoms with van der Waals surface area (Å²) in [7, 11) is 0. The van der Waals surface area contributed by atoms with Gasteiger partial charge in [0.05, 0.1) is 5.92 Å². The zero-order valence-corrected chi connectivity index (χ0v) is 14.0. The van der Waals surface area contributed by atoms with Crippen LogP contribution in [-0.2, 0) is 9.53 Å². The number of carbonyl (C=O) groups excluding carboxylic acids is 1. The SMILES string of the molecule is CC(CS)C(=O)OC1CCCCCCCCCCCC1. The highest BCUT2D eigenvalue weighted by molar-refractivity contribution is 7.80. The number of esters is 1. The van der Waals surface area contributed by atoms with Crippen molar-refractivity contribution >= 4 is 18.6 Å². The highest BCUT2D eigenvalue weighted by atomic mass is 32.1. The van der Waals surface area contributed by atoms with Crippen molar-refractivity contribution in [3.63, 3.8) is 0 Å². The first-order valence-electron chi connectivity index (χ1n) is 8.55. The van der Waals surface area contributed by atoms with Gasteiger partial charge < -0.3 is 4.74 Å². The summed E-state index contributed by atoms with van der Waals surface area (Å²) in [5.74, 6) is 0.434. The summed E-state index contributed by atoms with van der Waals surface area (Å²) in [4.78, 5) is 11.9. The van der Waals surface area contributed by atoms with E-state index in [4.69, 9.17) is 4.74 Å². The quantitative estimate of drug-likeness (QED) is 0.575. The molecule has 1 aliphatic carbocycles. The molecule has 0 radical (unpaired) electrons. The van der Waals surface area contributed by atoms with Crippen LogP contribution in [0.4, 0.5) is 0 Å². The Kier molecular flexibility index (Phi) is 10.3. The molecule has 0 heterocycles. The van der Waals surface area contributed by atoms with E-state index < -0.39 is 0 Å². The summed E-state index contributed by atoms with van der Waals surface area (Å²) in [6.07, 6.45) is 15.5. The van der Waals surface area contributed by atoms with Gasteiger partial charge >= 0.3 is 5.97 Å². The smallest absolute Gasteiger partial charge is 0.309 e. The van der Waals surface area contributed by atoms with Crippen molar-refractivity contribution in [1.29, 1.82) is 0 Å². The predicted molar refractivity (Wildman–Crippen MR) is 88.3 cm³/mol. The lowest BCUT2D eigenvalue weighted by molar-refractivity contribution is -0.153. The van der Waals surface area contributed by atoms with E-state index in [0.29, 0.717) is 5.75 Å². The Hall–Kier alpha value is -0.180. The van der Waals surface area contributed by atoms with E-state index in [0.717, 1.165) is 12.8 Å². The first kappa shape index (κ1) is 17.9. The molecule has 3 heteroatoms.